The molecule has 1 aliphatic carbocycles. The summed E-state index contributed by atoms with van der Waals surface area (Å²) >= 11 is 0. The Bertz CT molecular complexity index is 432. The zero-order valence-electron chi connectivity index (χ0n) is 14.6. The molecular weight excluding hydrogens is 296 g/mol. The molecule has 0 saturated heterocycles. The molecule has 0 spiro atoms. The number of carbonyl (C=O) groups excluding carboxylic acids is 1. The molecule has 0 aromatic rings. The summed E-state index contributed by atoms with van der Waals surface area (Å²) in [6.07, 6.45) is 5.79. The van der Waals surface area contributed by atoms with E-state index in [0.29, 0.717) is 13.2 Å². The maximum atomic E-state index is 12.0. The predicted octanol–water partition coefficient (Wildman–Crippen LogP) is 1.81. The van der Waals surface area contributed by atoms with Crippen molar-refractivity contribution in [1.82, 2.24) is 4.90 Å². The largest absolute Gasteiger partial charge is 0.459 e. The smallest absolute Gasteiger partial charge is 0.354 e. The van der Waals surface area contributed by atoms with Crippen LogP contribution in [0.15, 0.2) is 23.0 Å². The highest BCUT2D eigenvalue weighted by Gasteiger charge is 2.17. The third-order valence-corrected chi connectivity index (χ3v) is 3.78. The Morgan fingerprint density at radius 3 is 2.78 bits per heavy atom. The minimum absolute atomic E-state index is 0.212. The molecular formula is C17H30N2O4. The molecule has 0 atom stereocenters. The summed E-state index contributed by atoms with van der Waals surface area (Å²) in [6, 6.07) is 0. The molecule has 6 heteroatoms. The van der Waals surface area contributed by atoms with Crippen LogP contribution in [-0.2, 0) is 19.0 Å². The predicted molar refractivity (Wildman–Crippen MR) is 89.7 cm³/mol. The highest BCUT2D eigenvalue weighted by Crippen LogP contribution is 2.25. The molecule has 0 aromatic carbocycles. The molecule has 0 aromatic heterocycles. The number of rotatable bonds is 10. The average Bonchev–Trinajstić information content (AvgIpc) is 2.58. The Kier molecular flexibility index (Phi) is 9.40. The van der Waals surface area contributed by atoms with Gasteiger partial charge in [0.1, 0.15) is 12.3 Å². The first-order chi connectivity index (χ1) is 11.1. The Hall–Kier alpha value is -1.53. The lowest BCUT2D eigenvalue weighted by Gasteiger charge is -2.26. The van der Waals surface area contributed by atoms with Gasteiger partial charge in [-0.15, -0.1) is 0 Å². The molecule has 0 unspecified atom stereocenters. The number of hydrogen-bond acceptors (Lipinski definition) is 6. The van der Waals surface area contributed by atoms with Gasteiger partial charge in [-0.2, -0.15) is 0 Å². The van der Waals surface area contributed by atoms with E-state index in [0.717, 1.165) is 44.4 Å². The maximum absolute atomic E-state index is 12.0. The summed E-state index contributed by atoms with van der Waals surface area (Å²) < 4.78 is 15.3. The van der Waals surface area contributed by atoms with Crippen LogP contribution in [0.5, 0.6) is 0 Å². The number of methoxy groups -OCH3 is 1. The van der Waals surface area contributed by atoms with Crippen molar-refractivity contribution in [3.05, 3.63) is 23.0 Å². The van der Waals surface area contributed by atoms with Crippen molar-refractivity contribution in [3.8, 4) is 0 Å². The van der Waals surface area contributed by atoms with Crippen molar-refractivity contribution < 1.29 is 19.0 Å². The molecule has 0 bridgehead atoms. The lowest BCUT2D eigenvalue weighted by molar-refractivity contribution is -0.140. The Morgan fingerprint density at radius 2 is 2.09 bits per heavy atom. The topological polar surface area (TPSA) is 74.0 Å². The molecule has 1 rings (SSSR count). The first-order valence-electron chi connectivity index (χ1n) is 8.24. The summed E-state index contributed by atoms with van der Waals surface area (Å²) in [5.41, 5.74) is 8.25. The zero-order chi connectivity index (χ0) is 17.1. The van der Waals surface area contributed by atoms with Gasteiger partial charge in [0.2, 0.25) is 0 Å². The monoisotopic (exact) mass is 326 g/mol. The molecule has 0 amide bonds. The van der Waals surface area contributed by atoms with Gasteiger partial charge in [-0.05, 0) is 44.3 Å². The average molecular weight is 326 g/mol. The number of nitrogens with two attached hydrogens (primary N) is 1. The van der Waals surface area contributed by atoms with Crippen LogP contribution in [0.1, 0.15) is 32.6 Å². The van der Waals surface area contributed by atoms with Crippen molar-refractivity contribution in [3.63, 3.8) is 0 Å². The molecule has 1 aliphatic rings. The van der Waals surface area contributed by atoms with Gasteiger partial charge in [-0.25, -0.2) is 4.79 Å². The van der Waals surface area contributed by atoms with Crippen LogP contribution < -0.4 is 5.73 Å². The SMILES string of the molecule is CCOCCOC(=O)/C(N)=C1\C=C(N(C)CCCOC)CCC1. The molecule has 23 heavy (non-hydrogen) atoms. The number of allylic oxidation sites excluding steroid dienone is 3. The fourth-order valence-corrected chi connectivity index (χ4v) is 2.46. The number of carbonyl (C=O) groups is 1. The number of hydrogen-bond donors (Lipinski definition) is 1. The fraction of sp³-hybridized carbons (Fsp3) is 0.706. The van der Waals surface area contributed by atoms with Gasteiger partial charge in [0.15, 0.2) is 0 Å². The molecule has 0 aliphatic heterocycles. The number of nitrogens with zero attached hydrogens (tertiary/aromatic N) is 1. The second-order valence-electron chi connectivity index (χ2n) is 5.53. The number of ether oxygens (including phenoxy) is 3. The Labute approximate surface area is 139 Å². The van der Waals surface area contributed by atoms with Gasteiger partial charge in [-0.3, -0.25) is 0 Å². The van der Waals surface area contributed by atoms with Gasteiger partial charge < -0.3 is 24.8 Å². The van der Waals surface area contributed by atoms with Crippen LogP contribution in [0.25, 0.3) is 0 Å². The summed E-state index contributed by atoms with van der Waals surface area (Å²) in [7, 11) is 3.76. The van der Waals surface area contributed by atoms with Gasteiger partial charge in [-0.1, -0.05) is 0 Å². The summed E-state index contributed by atoms with van der Waals surface area (Å²) in [5.74, 6) is -0.459. The van der Waals surface area contributed by atoms with Crippen LogP contribution in [0, 0.1) is 0 Å². The van der Waals surface area contributed by atoms with Crippen molar-refractivity contribution in [2.75, 3.05) is 47.1 Å². The van der Waals surface area contributed by atoms with Crippen LogP contribution in [0.4, 0.5) is 0 Å². The second kappa shape index (κ2) is 11.1. The second-order valence-corrected chi connectivity index (χ2v) is 5.53. The van der Waals surface area contributed by atoms with E-state index in [9.17, 15) is 4.79 Å². The third-order valence-electron chi connectivity index (χ3n) is 3.78. The Balaban J connectivity index is 2.61. The minimum Gasteiger partial charge on any atom is -0.459 e. The zero-order valence-corrected chi connectivity index (χ0v) is 14.6. The maximum Gasteiger partial charge on any atom is 0.354 e. The molecule has 0 radical (unpaired) electrons. The van der Waals surface area contributed by atoms with E-state index in [1.165, 1.54) is 5.70 Å². The fourth-order valence-electron chi connectivity index (χ4n) is 2.46. The van der Waals surface area contributed by atoms with Crippen molar-refractivity contribution in [2.45, 2.75) is 32.6 Å². The molecule has 0 fully saturated rings. The van der Waals surface area contributed by atoms with Crippen LogP contribution in [0.2, 0.25) is 0 Å². The van der Waals surface area contributed by atoms with Crippen molar-refractivity contribution in [2.24, 2.45) is 5.73 Å². The van der Waals surface area contributed by atoms with E-state index < -0.39 is 5.97 Å². The van der Waals surface area contributed by atoms with Gasteiger partial charge >= 0.3 is 5.97 Å². The summed E-state index contributed by atoms with van der Waals surface area (Å²) in [4.78, 5) is 14.2. The molecule has 132 valence electrons. The normalized spacial score (nSPS) is 16.7. The Morgan fingerprint density at radius 1 is 1.30 bits per heavy atom. The molecule has 6 nitrogen and oxygen atoms in total. The van der Waals surface area contributed by atoms with E-state index in [-0.39, 0.29) is 12.3 Å². The van der Waals surface area contributed by atoms with Gasteiger partial charge in [0.05, 0.1) is 6.61 Å². The standard InChI is InChI=1S/C17H30N2O4/c1-4-22-11-12-23-17(20)16(18)14-7-5-8-15(13-14)19(2)9-6-10-21-3/h13H,4-12,18H2,1-3H3/b16-14+. The molecule has 0 saturated carbocycles. The van der Waals surface area contributed by atoms with Crippen LogP contribution >= 0.6 is 0 Å². The lowest BCUT2D eigenvalue weighted by atomic mass is 9.97. The molecule has 2 N–H and O–H groups in total. The van der Waals surface area contributed by atoms with Gasteiger partial charge in [0, 0.05) is 39.6 Å². The first kappa shape index (κ1) is 19.5. The summed E-state index contributed by atoms with van der Waals surface area (Å²) in [5, 5.41) is 0. The molecule has 0 heterocycles. The third kappa shape index (κ3) is 7.05. The van der Waals surface area contributed by atoms with E-state index in [4.69, 9.17) is 19.9 Å². The first-order valence-corrected chi connectivity index (χ1v) is 8.24. The minimum atomic E-state index is -0.459. The van der Waals surface area contributed by atoms with Crippen LogP contribution in [-0.4, -0.2) is 58.0 Å². The van der Waals surface area contributed by atoms with Crippen molar-refractivity contribution in [1.29, 1.82) is 0 Å². The highest BCUT2D eigenvalue weighted by molar-refractivity contribution is 5.88. The van der Waals surface area contributed by atoms with E-state index in [1.807, 2.05) is 13.0 Å². The lowest BCUT2D eigenvalue weighted by Crippen LogP contribution is -2.24. The van der Waals surface area contributed by atoms with E-state index in [1.54, 1.807) is 7.11 Å². The van der Waals surface area contributed by atoms with Crippen LogP contribution in [0.3, 0.4) is 0 Å². The number of esters is 1. The van der Waals surface area contributed by atoms with E-state index >= 15 is 0 Å². The van der Waals surface area contributed by atoms with Crippen molar-refractivity contribution >= 4 is 5.97 Å². The highest BCUT2D eigenvalue weighted by atomic mass is 16.6. The summed E-state index contributed by atoms with van der Waals surface area (Å²) in [6.45, 7) is 4.80. The quantitative estimate of drug-likeness (QED) is 0.375. The van der Waals surface area contributed by atoms with E-state index in [2.05, 4.69) is 11.9 Å². The van der Waals surface area contributed by atoms with Gasteiger partial charge in [0.25, 0.3) is 0 Å².